The Morgan fingerprint density at radius 2 is 2.03 bits per heavy atom. The van der Waals surface area contributed by atoms with Gasteiger partial charge in [0.05, 0.1) is 24.3 Å². The molecule has 0 unspecified atom stereocenters. The van der Waals surface area contributed by atoms with Crippen LogP contribution in [0.2, 0.25) is 0 Å². The largest absolute Gasteiger partial charge is 0.335 e. The second-order valence-corrected chi connectivity index (χ2v) is 9.57. The molecule has 10 nitrogen and oxygen atoms in total. The number of amides is 4. The van der Waals surface area contributed by atoms with Gasteiger partial charge in [-0.15, -0.1) is 0 Å². The fourth-order valence-electron chi connectivity index (χ4n) is 5.16. The number of quaternary nitrogens is 1. The normalized spacial score (nSPS) is 20.5. The summed E-state index contributed by atoms with van der Waals surface area (Å²) in [5, 5.41) is 13.1. The maximum absolute atomic E-state index is 13.3. The summed E-state index contributed by atoms with van der Waals surface area (Å²) in [5.74, 6) is -0.322. The molecule has 5 rings (SSSR count). The SMILES string of the molecule is C=CC[NH2+]CC(=O)N1CC(=O)N(Cc2cccc3c2cnn3C)[C@@H]2C[C@@]21NC(=O)NCc1ccccc1. The van der Waals surface area contributed by atoms with E-state index < -0.39 is 5.66 Å². The third-order valence-electron chi connectivity index (χ3n) is 7.17. The first-order valence-electron chi connectivity index (χ1n) is 12.4. The Morgan fingerprint density at radius 3 is 2.81 bits per heavy atom. The van der Waals surface area contributed by atoms with Crippen molar-refractivity contribution in [3.63, 3.8) is 0 Å². The molecule has 0 spiro atoms. The number of nitrogens with zero attached hydrogens (tertiary/aromatic N) is 4. The number of carbonyl (C=O) groups excluding carboxylic acids is 3. The number of aromatic nitrogens is 2. The van der Waals surface area contributed by atoms with E-state index in [0.717, 1.165) is 22.0 Å². The van der Waals surface area contributed by atoms with E-state index in [2.05, 4.69) is 22.3 Å². The molecule has 1 aromatic heterocycles. The Labute approximate surface area is 215 Å². The molecule has 0 bridgehead atoms. The van der Waals surface area contributed by atoms with E-state index >= 15 is 0 Å². The highest BCUT2D eigenvalue weighted by Gasteiger charge is 2.67. The van der Waals surface area contributed by atoms with Crippen molar-refractivity contribution in [2.45, 2.75) is 31.2 Å². The van der Waals surface area contributed by atoms with E-state index in [1.807, 2.05) is 60.9 Å². The van der Waals surface area contributed by atoms with Crippen LogP contribution in [0.4, 0.5) is 4.79 Å². The number of carbonyl (C=O) groups is 3. The van der Waals surface area contributed by atoms with Gasteiger partial charge in [-0.2, -0.15) is 5.10 Å². The minimum atomic E-state index is -0.934. The van der Waals surface area contributed by atoms with Gasteiger partial charge in [0.2, 0.25) is 5.91 Å². The van der Waals surface area contributed by atoms with E-state index in [9.17, 15) is 14.4 Å². The molecular formula is C27H32N7O3+. The molecule has 2 fully saturated rings. The third kappa shape index (κ3) is 4.79. The van der Waals surface area contributed by atoms with Crippen LogP contribution in [0.1, 0.15) is 17.5 Å². The highest BCUT2D eigenvalue weighted by Crippen LogP contribution is 2.47. The fourth-order valence-corrected chi connectivity index (χ4v) is 5.16. The first kappa shape index (κ1) is 24.5. The van der Waals surface area contributed by atoms with E-state index in [1.165, 1.54) is 0 Å². The topological polar surface area (TPSA) is 116 Å². The van der Waals surface area contributed by atoms with Crippen molar-refractivity contribution in [3.8, 4) is 0 Å². The van der Waals surface area contributed by atoms with Crippen molar-refractivity contribution < 1.29 is 19.7 Å². The maximum Gasteiger partial charge on any atom is 0.316 e. The number of fused-ring (bicyclic) bond motifs is 2. The molecule has 2 heterocycles. The predicted octanol–water partition coefficient (Wildman–Crippen LogP) is 0.462. The molecule has 1 aliphatic carbocycles. The van der Waals surface area contributed by atoms with Crippen LogP contribution < -0.4 is 16.0 Å². The summed E-state index contributed by atoms with van der Waals surface area (Å²) in [5.41, 5.74) is 2.00. The van der Waals surface area contributed by atoms with Crippen molar-refractivity contribution >= 4 is 28.7 Å². The second-order valence-electron chi connectivity index (χ2n) is 9.57. The molecule has 0 radical (unpaired) electrons. The van der Waals surface area contributed by atoms with Crippen LogP contribution in [0.3, 0.4) is 0 Å². The zero-order valence-corrected chi connectivity index (χ0v) is 20.9. The molecule has 1 saturated carbocycles. The minimum Gasteiger partial charge on any atom is -0.335 e. The van der Waals surface area contributed by atoms with E-state index in [-0.39, 0.29) is 37.0 Å². The van der Waals surface area contributed by atoms with Gasteiger partial charge in [-0.25, -0.2) is 4.79 Å². The van der Waals surface area contributed by atoms with Gasteiger partial charge in [0, 0.05) is 31.9 Å². The lowest BCUT2D eigenvalue weighted by Gasteiger charge is -2.40. The average Bonchev–Trinajstić information content (AvgIpc) is 3.50. The standard InChI is InChI=1S/C27H31N7O3/c1-3-12-28-16-24(35)34-18-25(36)33(17-20-10-7-11-22-21(20)15-30-32(22)2)23-13-27(23,34)31-26(37)29-14-19-8-5-4-6-9-19/h3-11,15,23,28H,1,12-14,16-18H2,2H3,(H2,29,31,37)/p+1/t23-,27+/m1/s1. The van der Waals surface area contributed by atoms with Crippen LogP contribution >= 0.6 is 0 Å². The highest BCUT2D eigenvalue weighted by atomic mass is 16.2. The van der Waals surface area contributed by atoms with Crippen LogP contribution in [0, 0.1) is 0 Å². The van der Waals surface area contributed by atoms with E-state index in [1.54, 1.807) is 26.8 Å². The van der Waals surface area contributed by atoms with Crippen molar-refractivity contribution in [1.29, 1.82) is 0 Å². The van der Waals surface area contributed by atoms with E-state index in [0.29, 0.717) is 26.1 Å². The van der Waals surface area contributed by atoms with Gasteiger partial charge >= 0.3 is 6.03 Å². The molecule has 3 aromatic rings. The molecule has 1 aliphatic heterocycles. The van der Waals surface area contributed by atoms with Gasteiger partial charge in [0.15, 0.2) is 6.54 Å². The fraction of sp³-hybridized carbons (Fsp3) is 0.333. The first-order valence-corrected chi connectivity index (χ1v) is 12.4. The second kappa shape index (κ2) is 10.1. The smallest absolute Gasteiger partial charge is 0.316 e. The Hall–Kier alpha value is -4.18. The number of urea groups is 1. The summed E-state index contributed by atoms with van der Waals surface area (Å²) < 4.78 is 1.80. The molecule has 4 N–H and O–H groups in total. The molecule has 1 saturated heterocycles. The number of piperazine rings is 1. The quantitative estimate of drug-likeness (QED) is 0.291. The summed E-state index contributed by atoms with van der Waals surface area (Å²) >= 11 is 0. The molecule has 2 aromatic carbocycles. The van der Waals surface area contributed by atoms with Gasteiger partial charge in [-0.05, 0) is 23.3 Å². The lowest BCUT2D eigenvalue weighted by molar-refractivity contribution is -0.635. The molecular weight excluding hydrogens is 470 g/mol. The Balaban J connectivity index is 1.36. The summed E-state index contributed by atoms with van der Waals surface area (Å²) in [7, 11) is 1.88. The third-order valence-corrected chi connectivity index (χ3v) is 7.17. The lowest BCUT2D eigenvalue weighted by atomic mass is 10.1. The summed E-state index contributed by atoms with van der Waals surface area (Å²) in [6, 6.07) is 14.9. The molecule has 4 amide bonds. The molecule has 37 heavy (non-hydrogen) atoms. The Bertz CT molecular complexity index is 1340. The van der Waals surface area contributed by atoms with Crippen molar-refractivity contribution in [3.05, 3.63) is 78.5 Å². The van der Waals surface area contributed by atoms with Gasteiger partial charge in [0.1, 0.15) is 12.2 Å². The first-order chi connectivity index (χ1) is 17.9. The van der Waals surface area contributed by atoms with Crippen LogP contribution in [-0.2, 0) is 29.7 Å². The predicted molar refractivity (Wildman–Crippen MR) is 138 cm³/mol. The molecule has 192 valence electrons. The molecule has 2 aliphatic rings. The van der Waals surface area contributed by atoms with Gasteiger partial charge in [-0.3, -0.25) is 14.3 Å². The van der Waals surface area contributed by atoms with Gasteiger partial charge < -0.3 is 25.8 Å². The van der Waals surface area contributed by atoms with Gasteiger partial charge in [0.25, 0.3) is 5.91 Å². The maximum atomic E-state index is 13.3. The van der Waals surface area contributed by atoms with Crippen molar-refractivity contribution in [2.24, 2.45) is 7.05 Å². The number of hydrogen-bond donors (Lipinski definition) is 3. The summed E-state index contributed by atoms with van der Waals surface area (Å²) in [6.45, 7) is 5.12. The number of aryl methyl sites for hydroxylation is 1. The van der Waals surface area contributed by atoms with Crippen molar-refractivity contribution in [2.75, 3.05) is 19.6 Å². The zero-order valence-electron chi connectivity index (χ0n) is 20.9. The van der Waals surface area contributed by atoms with Crippen LogP contribution in [0.15, 0.2) is 67.4 Å². The molecule has 10 heteroatoms. The highest BCUT2D eigenvalue weighted by molar-refractivity contribution is 5.91. The number of hydrogen-bond acceptors (Lipinski definition) is 4. The van der Waals surface area contributed by atoms with Crippen molar-refractivity contribution in [1.82, 2.24) is 30.2 Å². The average molecular weight is 503 g/mol. The summed E-state index contributed by atoms with van der Waals surface area (Å²) in [4.78, 5) is 42.8. The van der Waals surface area contributed by atoms with Gasteiger partial charge in [-0.1, -0.05) is 49.0 Å². The Morgan fingerprint density at radius 1 is 1.22 bits per heavy atom. The number of rotatable bonds is 9. The number of nitrogens with one attached hydrogen (secondary N) is 2. The zero-order chi connectivity index (χ0) is 26.0. The Kier molecular flexibility index (Phi) is 6.66. The van der Waals surface area contributed by atoms with Crippen LogP contribution in [-0.4, -0.2) is 68.8 Å². The summed E-state index contributed by atoms with van der Waals surface area (Å²) in [6.07, 6.45) is 4.01. The minimum absolute atomic E-state index is 0.0841. The monoisotopic (exact) mass is 502 g/mol. The number of nitrogens with two attached hydrogens (primary N) is 1. The van der Waals surface area contributed by atoms with Crippen LogP contribution in [0.5, 0.6) is 0 Å². The lowest BCUT2D eigenvalue weighted by Crippen LogP contribution is -2.87. The van der Waals surface area contributed by atoms with E-state index in [4.69, 9.17) is 0 Å². The number of benzene rings is 2. The molecule has 2 atom stereocenters. The van der Waals surface area contributed by atoms with Crippen LogP contribution in [0.25, 0.3) is 10.9 Å².